The van der Waals surface area contributed by atoms with Crippen LogP contribution in [0.1, 0.15) is 5.56 Å². The Balaban J connectivity index is 2.35. The summed E-state index contributed by atoms with van der Waals surface area (Å²) in [5.41, 5.74) is 1.78. The van der Waals surface area contributed by atoms with Gasteiger partial charge in [0.1, 0.15) is 9.67 Å². The molecule has 1 aromatic carbocycles. The number of aliphatic carboxylic acids is 1. The van der Waals surface area contributed by atoms with E-state index < -0.39 is 9.89 Å². The highest BCUT2D eigenvalue weighted by Crippen LogP contribution is 2.24. The summed E-state index contributed by atoms with van der Waals surface area (Å²) in [7, 11) is 0. The number of carbonyl (C=O) groups is 1. The molecule has 0 aliphatic heterocycles. The predicted molar refractivity (Wildman–Crippen MR) is 69.1 cm³/mol. The second kappa shape index (κ2) is 4.32. The average molecular weight is 331 g/mol. The summed E-state index contributed by atoms with van der Waals surface area (Å²) in [4.78, 5) is 13.8. The van der Waals surface area contributed by atoms with Crippen molar-refractivity contribution in [3.8, 4) is 5.75 Å². The van der Waals surface area contributed by atoms with Gasteiger partial charge in [-0.3, -0.25) is 4.79 Å². The second-order valence-electron chi connectivity index (χ2n) is 3.55. The van der Waals surface area contributed by atoms with Crippen molar-refractivity contribution in [1.82, 2.24) is 4.98 Å². The Morgan fingerprint density at radius 1 is 1.50 bits per heavy atom. The zero-order chi connectivity index (χ0) is 11.7. The van der Waals surface area contributed by atoms with Crippen LogP contribution >= 0.6 is 22.6 Å². The number of aromatic nitrogens is 1. The molecule has 0 spiro atoms. The lowest BCUT2D eigenvalue weighted by atomic mass is 10.1. The van der Waals surface area contributed by atoms with Crippen molar-refractivity contribution < 1.29 is 15.0 Å². The third-order valence-electron chi connectivity index (χ3n) is 2.42. The van der Waals surface area contributed by atoms with Gasteiger partial charge in [0.05, 0.1) is 0 Å². The normalized spacial score (nSPS) is 12.8. The highest BCUT2D eigenvalue weighted by Gasteiger charge is 2.15. The van der Waals surface area contributed by atoms with E-state index in [-0.39, 0.29) is 5.75 Å². The Kier molecular flexibility index (Phi) is 3.04. The van der Waals surface area contributed by atoms with E-state index in [1.165, 1.54) is 0 Å². The van der Waals surface area contributed by atoms with E-state index in [9.17, 15) is 9.90 Å². The van der Waals surface area contributed by atoms with E-state index in [4.69, 9.17) is 5.11 Å². The number of carboxylic acid groups (broad SMARTS) is 1. The maximum atomic E-state index is 10.8. The first kappa shape index (κ1) is 11.3. The predicted octanol–water partition coefficient (Wildman–Crippen LogP) is 2.30. The van der Waals surface area contributed by atoms with Crippen molar-refractivity contribution in [2.75, 3.05) is 0 Å². The number of aromatic hydroxyl groups is 1. The third-order valence-corrected chi connectivity index (χ3v) is 3.39. The summed E-state index contributed by atoms with van der Waals surface area (Å²) in [6, 6.07) is 5.02. The first-order valence-electron chi connectivity index (χ1n) is 4.74. The largest absolute Gasteiger partial charge is 0.508 e. The Morgan fingerprint density at radius 3 is 2.94 bits per heavy atom. The minimum Gasteiger partial charge on any atom is -0.508 e. The van der Waals surface area contributed by atoms with Crippen LogP contribution in [0.2, 0.25) is 0 Å². The summed E-state index contributed by atoms with van der Waals surface area (Å²) in [5, 5.41) is 19.1. The number of phenolic OH excluding ortho intramolecular Hbond substituents is 1. The number of nitrogens with one attached hydrogen (secondary N) is 1. The molecule has 16 heavy (non-hydrogen) atoms. The monoisotopic (exact) mass is 331 g/mol. The fraction of sp³-hybridized carbons (Fsp3) is 0.182. The van der Waals surface area contributed by atoms with Gasteiger partial charge in [0, 0.05) is 23.2 Å². The third kappa shape index (κ3) is 2.13. The zero-order valence-corrected chi connectivity index (χ0v) is 10.4. The molecule has 0 bridgehead atoms. The first-order valence-corrected chi connectivity index (χ1v) is 5.98. The van der Waals surface area contributed by atoms with Crippen molar-refractivity contribution >= 4 is 39.5 Å². The van der Waals surface area contributed by atoms with Crippen LogP contribution in [0.3, 0.4) is 0 Å². The zero-order valence-electron chi connectivity index (χ0n) is 8.27. The van der Waals surface area contributed by atoms with Gasteiger partial charge in [-0.15, -0.1) is 0 Å². The Hall–Kier alpha value is -1.24. The summed E-state index contributed by atoms with van der Waals surface area (Å²) >= 11 is 1.91. The van der Waals surface area contributed by atoms with E-state index in [1.54, 1.807) is 24.4 Å². The van der Waals surface area contributed by atoms with Gasteiger partial charge < -0.3 is 15.2 Å². The topological polar surface area (TPSA) is 73.3 Å². The fourth-order valence-corrected chi connectivity index (χ4v) is 2.10. The van der Waals surface area contributed by atoms with E-state index in [1.807, 2.05) is 22.6 Å². The van der Waals surface area contributed by atoms with Crippen molar-refractivity contribution in [2.45, 2.75) is 10.3 Å². The number of benzene rings is 1. The Morgan fingerprint density at radius 2 is 2.25 bits per heavy atom. The molecule has 3 N–H and O–H groups in total. The molecule has 5 heteroatoms. The van der Waals surface area contributed by atoms with Crippen LogP contribution in [0.5, 0.6) is 5.75 Å². The number of H-pyrrole nitrogens is 1. The molecule has 1 aromatic heterocycles. The molecular weight excluding hydrogens is 321 g/mol. The van der Waals surface area contributed by atoms with E-state index >= 15 is 0 Å². The number of fused-ring (bicyclic) bond motifs is 1. The number of carboxylic acids is 1. The smallest absolute Gasteiger partial charge is 0.316 e. The molecule has 1 heterocycles. The highest BCUT2D eigenvalue weighted by molar-refractivity contribution is 14.1. The molecule has 0 aliphatic rings. The van der Waals surface area contributed by atoms with Gasteiger partial charge in [0.25, 0.3) is 0 Å². The molecule has 0 radical (unpaired) electrons. The van der Waals surface area contributed by atoms with Gasteiger partial charge in [0.2, 0.25) is 0 Å². The van der Waals surface area contributed by atoms with Crippen molar-refractivity contribution in [2.24, 2.45) is 0 Å². The second-order valence-corrected chi connectivity index (χ2v) is 5.06. The quantitative estimate of drug-likeness (QED) is 0.597. The Labute approximate surface area is 105 Å². The SMILES string of the molecule is O=C(O)C(I)Cc1c[nH]c2cc(O)ccc12. The van der Waals surface area contributed by atoms with Gasteiger partial charge in [-0.05, 0) is 24.1 Å². The van der Waals surface area contributed by atoms with Gasteiger partial charge in [-0.1, -0.05) is 22.6 Å². The fourth-order valence-electron chi connectivity index (χ4n) is 1.62. The maximum absolute atomic E-state index is 10.8. The van der Waals surface area contributed by atoms with E-state index in [0.717, 1.165) is 16.5 Å². The van der Waals surface area contributed by atoms with Crippen molar-refractivity contribution in [1.29, 1.82) is 0 Å². The average Bonchev–Trinajstić information content (AvgIpc) is 2.60. The summed E-state index contributed by atoms with van der Waals surface area (Å²) < 4.78 is -0.439. The van der Waals surface area contributed by atoms with Crippen LogP contribution in [0, 0.1) is 0 Å². The van der Waals surface area contributed by atoms with Crippen LogP contribution < -0.4 is 0 Å². The lowest BCUT2D eigenvalue weighted by Gasteiger charge is -2.02. The molecule has 4 nitrogen and oxygen atoms in total. The Bertz CT molecular complexity index is 535. The number of phenols is 1. The highest BCUT2D eigenvalue weighted by atomic mass is 127. The number of aromatic amines is 1. The van der Waals surface area contributed by atoms with Crippen LogP contribution in [0.15, 0.2) is 24.4 Å². The first-order chi connectivity index (χ1) is 7.58. The van der Waals surface area contributed by atoms with Crippen molar-refractivity contribution in [3.05, 3.63) is 30.0 Å². The molecule has 0 aliphatic carbocycles. The number of rotatable bonds is 3. The van der Waals surface area contributed by atoms with Gasteiger partial charge in [-0.25, -0.2) is 0 Å². The molecule has 84 valence electrons. The molecule has 2 aromatic rings. The molecule has 0 saturated carbocycles. The minimum absolute atomic E-state index is 0.199. The standard InChI is InChI=1S/C11H10INO3/c12-9(11(15)16)3-6-5-13-10-4-7(14)1-2-8(6)10/h1-2,4-5,9,13-14H,3H2,(H,15,16). The number of halogens is 1. The summed E-state index contributed by atoms with van der Waals surface area (Å²) in [6.45, 7) is 0. The molecule has 0 fully saturated rings. The van der Waals surface area contributed by atoms with Gasteiger partial charge in [-0.2, -0.15) is 0 Å². The van der Waals surface area contributed by atoms with Crippen molar-refractivity contribution in [3.63, 3.8) is 0 Å². The van der Waals surface area contributed by atoms with Gasteiger partial charge >= 0.3 is 5.97 Å². The minimum atomic E-state index is -0.811. The van der Waals surface area contributed by atoms with Crippen LogP contribution in [0.25, 0.3) is 10.9 Å². The lowest BCUT2D eigenvalue weighted by molar-refractivity contribution is -0.135. The summed E-state index contributed by atoms with van der Waals surface area (Å²) in [6.07, 6.45) is 2.26. The molecule has 1 unspecified atom stereocenters. The lowest BCUT2D eigenvalue weighted by Crippen LogP contribution is -2.14. The molecule has 0 saturated heterocycles. The molecular formula is C11H10INO3. The van der Waals surface area contributed by atoms with Crippen LogP contribution in [-0.4, -0.2) is 25.1 Å². The molecule has 0 amide bonds. The summed E-state index contributed by atoms with van der Waals surface area (Å²) in [5.74, 6) is -0.612. The molecule has 2 rings (SSSR count). The molecule has 1 atom stereocenters. The van der Waals surface area contributed by atoms with Gasteiger partial charge in [0.15, 0.2) is 0 Å². The van der Waals surface area contributed by atoms with Crippen LogP contribution in [-0.2, 0) is 11.2 Å². The van der Waals surface area contributed by atoms with E-state index in [0.29, 0.717) is 6.42 Å². The number of hydrogen-bond acceptors (Lipinski definition) is 2. The van der Waals surface area contributed by atoms with E-state index in [2.05, 4.69) is 4.98 Å². The maximum Gasteiger partial charge on any atom is 0.316 e. The van der Waals surface area contributed by atoms with Crippen LogP contribution in [0.4, 0.5) is 0 Å². The number of alkyl halides is 1. The number of hydrogen-bond donors (Lipinski definition) is 3.